The SMILES string of the molecule is CCOc1ccc(NC(=O)c2ccco2)cn1. The average molecular weight is 232 g/mol. The summed E-state index contributed by atoms with van der Waals surface area (Å²) in [6.45, 7) is 2.44. The molecule has 0 fully saturated rings. The van der Waals surface area contributed by atoms with Gasteiger partial charge in [-0.05, 0) is 25.1 Å². The molecule has 0 unspecified atom stereocenters. The Morgan fingerprint density at radius 2 is 2.35 bits per heavy atom. The Labute approximate surface area is 98.4 Å². The summed E-state index contributed by atoms with van der Waals surface area (Å²) in [6.07, 6.45) is 2.98. The van der Waals surface area contributed by atoms with Crippen LogP contribution in [0.5, 0.6) is 5.88 Å². The van der Waals surface area contributed by atoms with Crippen molar-refractivity contribution in [2.45, 2.75) is 6.92 Å². The number of carbonyl (C=O) groups excluding carboxylic acids is 1. The van der Waals surface area contributed by atoms with E-state index in [1.807, 2.05) is 6.92 Å². The Kier molecular flexibility index (Phi) is 3.40. The first-order chi connectivity index (χ1) is 8.29. The van der Waals surface area contributed by atoms with Gasteiger partial charge in [0, 0.05) is 6.07 Å². The second kappa shape index (κ2) is 5.16. The van der Waals surface area contributed by atoms with Gasteiger partial charge >= 0.3 is 0 Å². The van der Waals surface area contributed by atoms with Crippen LogP contribution in [0.1, 0.15) is 17.5 Å². The Bertz CT molecular complexity index is 477. The molecule has 1 N–H and O–H groups in total. The molecule has 0 saturated carbocycles. The minimum Gasteiger partial charge on any atom is -0.478 e. The summed E-state index contributed by atoms with van der Waals surface area (Å²) in [5.41, 5.74) is 0.592. The number of amides is 1. The van der Waals surface area contributed by atoms with Gasteiger partial charge in [-0.2, -0.15) is 0 Å². The van der Waals surface area contributed by atoms with E-state index >= 15 is 0 Å². The van der Waals surface area contributed by atoms with E-state index in [0.29, 0.717) is 18.2 Å². The molecule has 0 spiro atoms. The molecule has 1 amide bonds. The van der Waals surface area contributed by atoms with Crippen LogP contribution in [-0.2, 0) is 0 Å². The lowest BCUT2D eigenvalue weighted by atomic mass is 10.3. The predicted molar refractivity (Wildman–Crippen MR) is 62.1 cm³/mol. The van der Waals surface area contributed by atoms with Crippen LogP contribution < -0.4 is 10.1 Å². The molecule has 17 heavy (non-hydrogen) atoms. The van der Waals surface area contributed by atoms with Gasteiger partial charge < -0.3 is 14.5 Å². The third kappa shape index (κ3) is 2.84. The third-order valence-corrected chi connectivity index (χ3v) is 2.03. The molecule has 5 heteroatoms. The van der Waals surface area contributed by atoms with Gasteiger partial charge in [-0.1, -0.05) is 0 Å². The molecule has 88 valence electrons. The van der Waals surface area contributed by atoms with Gasteiger partial charge in [0.25, 0.3) is 5.91 Å². The summed E-state index contributed by atoms with van der Waals surface area (Å²) in [7, 11) is 0. The van der Waals surface area contributed by atoms with E-state index in [1.165, 1.54) is 12.5 Å². The van der Waals surface area contributed by atoms with Crippen LogP contribution in [-0.4, -0.2) is 17.5 Å². The van der Waals surface area contributed by atoms with Crippen molar-refractivity contribution in [3.8, 4) is 5.88 Å². The largest absolute Gasteiger partial charge is 0.478 e. The molecule has 0 aliphatic carbocycles. The maximum absolute atomic E-state index is 11.6. The number of anilines is 1. The maximum Gasteiger partial charge on any atom is 0.291 e. The van der Waals surface area contributed by atoms with E-state index in [-0.39, 0.29) is 11.7 Å². The van der Waals surface area contributed by atoms with Gasteiger partial charge in [-0.25, -0.2) is 4.98 Å². The topological polar surface area (TPSA) is 64.4 Å². The minimum absolute atomic E-state index is 0.263. The molecule has 2 rings (SSSR count). The van der Waals surface area contributed by atoms with Crippen molar-refractivity contribution in [1.29, 1.82) is 0 Å². The summed E-state index contributed by atoms with van der Waals surface area (Å²) in [6, 6.07) is 6.67. The summed E-state index contributed by atoms with van der Waals surface area (Å²) in [5, 5.41) is 2.66. The average Bonchev–Trinajstić information content (AvgIpc) is 2.86. The molecule has 0 aromatic carbocycles. The normalized spacial score (nSPS) is 9.94. The molecular formula is C12H12N2O3. The number of hydrogen-bond donors (Lipinski definition) is 1. The molecule has 2 aromatic rings. The highest BCUT2D eigenvalue weighted by atomic mass is 16.5. The van der Waals surface area contributed by atoms with Crippen molar-refractivity contribution < 1.29 is 13.9 Å². The molecule has 0 aliphatic heterocycles. The van der Waals surface area contributed by atoms with Crippen LogP contribution >= 0.6 is 0 Å². The third-order valence-electron chi connectivity index (χ3n) is 2.03. The van der Waals surface area contributed by atoms with Crippen LogP contribution in [0.3, 0.4) is 0 Å². The van der Waals surface area contributed by atoms with Crippen LogP contribution in [0.2, 0.25) is 0 Å². The summed E-state index contributed by atoms with van der Waals surface area (Å²) < 4.78 is 10.2. The molecule has 0 radical (unpaired) electrons. The first kappa shape index (κ1) is 11.2. The van der Waals surface area contributed by atoms with Gasteiger partial charge in [0.1, 0.15) is 0 Å². The van der Waals surface area contributed by atoms with Gasteiger partial charge in [-0.3, -0.25) is 4.79 Å². The lowest BCUT2D eigenvalue weighted by Gasteiger charge is -2.04. The molecule has 0 saturated heterocycles. The number of aromatic nitrogens is 1. The number of nitrogens with zero attached hydrogens (tertiary/aromatic N) is 1. The number of rotatable bonds is 4. The van der Waals surface area contributed by atoms with Gasteiger partial charge in [0.15, 0.2) is 5.76 Å². The van der Waals surface area contributed by atoms with Gasteiger partial charge in [0.05, 0.1) is 24.8 Å². The standard InChI is InChI=1S/C12H12N2O3/c1-2-16-11-6-5-9(8-13-11)14-12(15)10-4-3-7-17-10/h3-8H,2H2,1H3,(H,14,15). The highest BCUT2D eigenvalue weighted by molar-refractivity contribution is 6.02. The van der Waals surface area contributed by atoms with E-state index in [4.69, 9.17) is 9.15 Å². The monoisotopic (exact) mass is 232 g/mol. The van der Waals surface area contributed by atoms with Gasteiger partial charge in [-0.15, -0.1) is 0 Å². The van der Waals surface area contributed by atoms with Crippen LogP contribution in [0.25, 0.3) is 0 Å². The molecular weight excluding hydrogens is 220 g/mol. The fourth-order valence-electron chi connectivity index (χ4n) is 1.29. The van der Waals surface area contributed by atoms with E-state index < -0.39 is 0 Å². The predicted octanol–water partition coefficient (Wildman–Crippen LogP) is 2.33. The molecule has 2 aromatic heterocycles. The second-order valence-electron chi connectivity index (χ2n) is 3.25. The number of ether oxygens (including phenoxy) is 1. The van der Waals surface area contributed by atoms with Crippen molar-refractivity contribution in [3.63, 3.8) is 0 Å². The van der Waals surface area contributed by atoms with E-state index in [9.17, 15) is 4.79 Å². The van der Waals surface area contributed by atoms with E-state index in [1.54, 1.807) is 24.3 Å². The highest BCUT2D eigenvalue weighted by Gasteiger charge is 2.08. The van der Waals surface area contributed by atoms with Crippen molar-refractivity contribution >= 4 is 11.6 Å². The lowest BCUT2D eigenvalue weighted by Crippen LogP contribution is -2.11. The Hall–Kier alpha value is -2.30. The minimum atomic E-state index is -0.305. The van der Waals surface area contributed by atoms with Crippen LogP contribution in [0, 0.1) is 0 Å². The first-order valence-corrected chi connectivity index (χ1v) is 5.23. The number of carbonyl (C=O) groups is 1. The van der Waals surface area contributed by atoms with Crippen LogP contribution in [0.4, 0.5) is 5.69 Å². The highest BCUT2D eigenvalue weighted by Crippen LogP contribution is 2.12. The van der Waals surface area contributed by atoms with Gasteiger partial charge in [0.2, 0.25) is 5.88 Å². The number of pyridine rings is 1. The van der Waals surface area contributed by atoms with Crippen molar-refractivity contribution in [1.82, 2.24) is 4.98 Å². The Balaban J connectivity index is 2.01. The molecule has 0 atom stereocenters. The Morgan fingerprint density at radius 1 is 1.47 bits per heavy atom. The van der Waals surface area contributed by atoms with Crippen LogP contribution in [0.15, 0.2) is 41.1 Å². The van der Waals surface area contributed by atoms with Crippen molar-refractivity contribution in [3.05, 3.63) is 42.5 Å². The summed E-state index contributed by atoms with van der Waals surface area (Å²) in [4.78, 5) is 15.7. The fraction of sp³-hybridized carbons (Fsp3) is 0.167. The molecule has 2 heterocycles. The zero-order valence-electron chi connectivity index (χ0n) is 9.34. The summed E-state index contributed by atoms with van der Waals surface area (Å²) in [5.74, 6) is 0.489. The zero-order chi connectivity index (χ0) is 12.1. The lowest BCUT2D eigenvalue weighted by molar-refractivity contribution is 0.0996. The molecule has 0 bridgehead atoms. The number of furan rings is 1. The van der Waals surface area contributed by atoms with E-state index in [0.717, 1.165) is 0 Å². The fourth-order valence-corrected chi connectivity index (χ4v) is 1.29. The quantitative estimate of drug-likeness (QED) is 0.878. The second-order valence-corrected chi connectivity index (χ2v) is 3.25. The summed E-state index contributed by atoms with van der Waals surface area (Å²) >= 11 is 0. The maximum atomic E-state index is 11.6. The van der Waals surface area contributed by atoms with Crippen molar-refractivity contribution in [2.75, 3.05) is 11.9 Å². The smallest absolute Gasteiger partial charge is 0.291 e. The molecule has 0 aliphatic rings. The van der Waals surface area contributed by atoms with E-state index in [2.05, 4.69) is 10.3 Å². The van der Waals surface area contributed by atoms with Crippen molar-refractivity contribution in [2.24, 2.45) is 0 Å². The number of hydrogen-bond acceptors (Lipinski definition) is 4. The number of nitrogens with one attached hydrogen (secondary N) is 1. The first-order valence-electron chi connectivity index (χ1n) is 5.23. The Morgan fingerprint density at radius 3 is 2.94 bits per heavy atom. The zero-order valence-corrected chi connectivity index (χ0v) is 9.34. The molecule has 5 nitrogen and oxygen atoms in total.